The van der Waals surface area contributed by atoms with Gasteiger partial charge in [-0.2, -0.15) is 0 Å². The summed E-state index contributed by atoms with van der Waals surface area (Å²) in [5, 5.41) is 6.00. The Bertz CT molecular complexity index is 636. The van der Waals surface area contributed by atoms with Gasteiger partial charge in [-0.15, -0.1) is 0 Å². The van der Waals surface area contributed by atoms with Crippen molar-refractivity contribution in [1.82, 2.24) is 0 Å². The first kappa shape index (κ1) is 14.4. The molecule has 0 radical (unpaired) electrons. The molecule has 0 atom stereocenters. The van der Waals surface area contributed by atoms with Gasteiger partial charge in [-0.05, 0) is 61.5 Å². The number of halogens is 2. The van der Waals surface area contributed by atoms with Crippen molar-refractivity contribution in [2.75, 3.05) is 10.6 Å². The van der Waals surface area contributed by atoms with Crippen molar-refractivity contribution in [3.05, 3.63) is 59.2 Å². The highest BCUT2D eigenvalue weighted by molar-refractivity contribution is 7.80. The van der Waals surface area contributed by atoms with Crippen LogP contribution in [0.3, 0.4) is 0 Å². The molecule has 0 spiro atoms. The molecule has 0 heterocycles. The summed E-state index contributed by atoms with van der Waals surface area (Å²) in [6.45, 7) is 4.02. The third-order valence-corrected chi connectivity index (χ3v) is 3.09. The maximum atomic E-state index is 13.1. The van der Waals surface area contributed by atoms with E-state index in [2.05, 4.69) is 10.6 Å². The van der Waals surface area contributed by atoms with Gasteiger partial charge in [0.05, 0.1) is 0 Å². The van der Waals surface area contributed by atoms with Gasteiger partial charge in [-0.3, -0.25) is 0 Å². The SMILES string of the molecule is Cc1ccc(NC(=S)Nc2cc(F)cc(F)c2)cc1C. The Morgan fingerprint density at radius 1 is 0.850 bits per heavy atom. The smallest absolute Gasteiger partial charge is 0.175 e. The topological polar surface area (TPSA) is 24.1 Å². The Labute approximate surface area is 121 Å². The number of nitrogens with one attached hydrogen (secondary N) is 2. The summed E-state index contributed by atoms with van der Waals surface area (Å²) in [5.41, 5.74) is 3.41. The number of anilines is 2. The number of hydrogen-bond acceptors (Lipinski definition) is 1. The second-order valence-electron chi connectivity index (χ2n) is 4.54. The van der Waals surface area contributed by atoms with Gasteiger partial charge in [0.1, 0.15) is 11.6 Å². The molecule has 0 saturated heterocycles. The maximum absolute atomic E-state index is 13.1. The molecule has 20 heavy (non-hydrogen) atoms. The van der Waals surface area contributed by atoms with Crippen molar-refractivity contribution in [3.63, 3.8) is 0 Å². The fourth-order valence-corrected chi connectivity index (χ4v) is 1.97. The molecule has 2 aromatic carbocycles. The van der Waals surface area contributed by atoms with Crippen LogP contribution >= 0.6 is 12.2 Å². The van der Waals surface area contributed by atoms with E-state index >= 15 is 0 Å². The van der Waals surface area contributed by atoms with Gasteiger partial charge in [0.25, 0.3) is 0 Å². The molecule has 0 saturated carbocycles. The summed E-state index contributed by atoms with van der Waals surface area (Å²) in [6.07, 6.45) is 0. The van der Waals surface area contributed by atoms with Crippen LogP contribution in [0.25, 0.3) is 0 Å². The minimum atomic E-state index is -0.651. The van der Waals surface area contributed by atoms with E-state index in [0.29, 0.717) is 0 Å². The number of hydrogen-bond donors (Lipinski definition) is 2. The van der Waals surface area contributed by atoms with Crippen molar-refractivity contribution in [2.24, 2.45) is 0 Å². The van der Waals surface area contributed by atoms with Gasteiger partial charge in [0, 0.05) is 17.4 Å². The minimum absolute atomic E-state index is 0.267. The third-order valence-electron chi connectivity index (χ3n) is 2.89. The molecule has 0 amide bonds. The molecule has 0 fully saturated rings. The lowest BCUT2D eigenvalue weighted by Gasteiger charge is -2.12. The Kier molecular flexibility index (Phi) is 4.29. The average Bonchev–Trinajstić information content (AvgIpc) is 2.32. The van der Waals surface area contributed by atoms with E-state index in [4.69, 9.17) is 12.2 Å². The van der Waals surface area contributed by atoms with E-state index < -0.39 is 11.6 Å². The van der Waals surface area contributed by atoms with E-state index in [1.165, 1.54) is 17.7 Å². The van der Waals surface area contributed by atoms with E-state index in [-0.39, 0.29) is 10.8 Å². The Balaban J connectivity index is 2.06. The molecule has 5 heteroatoms. The van der Waals surface area contributed by atoms with Crippen LogP contribution in [0, 0.1) is 25.5 Å². The minimum Gasteiger partial charge on any atom is -0.332 e. The van der Waals surface area contributed by atoms with Crippen molar-refractivity contribution >= 4 is 28.7 Å². The highest BCUT2D eigenvalue weighted by atomic mass is 32.1. The molecule has 0 aromatic heterocycles. The highest BCUT2D eigenvalue weighted by Crippen LogP contribution is 2.16. The number of aryl methyl sites for hydroxylation is 2. The highest BCUT2D eigenvalue weighted by Gasteiger charge is 2.03. The van der Waals surface area contributed by atoms with Crippen LogP contribution in [0.5, 0.6) is 0 Å². The van der Waals surface area contributed by atoms with Crippen LogP contribution in [-0.4, -0.2) is 5.11 Å². The number of rotatable bonds is 2. The van der Waals surface area contributed by atoms with Crippen molar-refractivity contribution in [2.45, 2.75) is 13.8 Å². The van der Waals surface area contributed by atoms with Gasteiger partial charge in [0.15, 0.2) is 5.11 Å². The molecule has 2 N–H and O–H groups in total. The van der Waals surface area contributed by atoms with Gasteiger partial charge in [-0.1, -0.05) is 6.07 Å². The fraction of sp³-hybridized carbons (Fsp3) is 0.133. The van der Waals surface area contributed by atoms with Crippen LogP contribution in [0.4, 0.5) is 20.2 Å². The normalized spacial score (nSPS) is 10.2. The summed E-state index contributed by atoms with van der Waals surface area (Å²) < 4.78 is 26.1. The largest absolute Gasteiger partial charge is 0.332 e. The molecule has 0 bridgehead atoms. The zero-order valence-electron chi connectivity index (χ0n) is 11.1. The van der Waals surface area contributed by atoms with Gasteiger partial charge < -0.3 is 10.6 Å². The molecule has 0 aliphatic carbocycles. The standard InChI is InChI=1S/C15H14F2N2S/c1-9-3-4-13(5-10(9)2)18-15(20)19-14-7-11(16)6-12(17)8-14/h3-8H,1-2H3,(H2,18,19,20). The van der Waals surface area contributed by atoms with E-state index in [1.807, 2.05) is 32.0 Å². The van der Waals surface area contributed by atoms with Crippen molar-refractivity contribution in [1.29, 1.82) is 0 Å². The second kappa shape index (κ2) is 5.96. The van der Waals surface area contributed by atoms with Crippen LogP contribution < -0.4 is 10.6 Å². The first-order valence-electron chi connectivity index (χ1n) is 6.05. The predicted molar refractivity (Wildman–Crippen MR) is 82.1 cm³/mol. The quantitative estimate of drug-likeness (QED) is 0.803. The molecule has 0 aliphatic heterocycles. The van der Waals surface area contributed by atoms with Crippen molar-refractivity contribution < 1.29 is 8.78 Å². The van der Waals surface area contributed by atoms with Gasteiger partial charge in [-0.25, -0.2) is 8.78 Å². The van der Waals surface area contributed by atoms with E-state index in [9.17, 15) is 8.78 Å². The Hall–Kier alpha value is -2.01. The summed E-state index contributed by atoms with van der Waals surface area (Å²) in [6, 6.07) is 8.99. The third kappa shape index (κ3) is 3.74. The lowest BCUT2D eigenvalue weighted by molar-refractivity contribution is 0.584. The van der Waals surface area contributed by atoms with Crippen LogP contribution in [0.1, 0.15) is 11.1 Å². The second-order valence-corrected chi connectivity index (χ2v) is 4.94. The van der Waals surface area contributed by atoms with Crippen LogP contribution in [0.15, 0.2) is 36.4 Å². The molecule has 0 unspecified atom stereocenters. The molecule has 2 nitrogen and oxygen atoms in total. The molecule has 104 valence electrons. The number of benzene rings is 2. The van der Waals surface area contributed by atoms with E-state index in [1.54, 1.807) is 0 Å². The zero-order valence-corrected chi connectivity index (χ0v) is 11.9. The molecular weight excluding hydrogens is 278 g/mol. The summed E-state index contributed by atoms with van der Waals surface area (Å²) in [5.74, 6) is -1.30. The lowest BCUT2D eigenvalue weighted by atomic mass is 10.1. The van der Waals surface area contributed by atoms with Crippen molar-refractivity contribution in [3.8, 4) is 0 Å². The average molecular weight is 292 g/mol. The van der Waals surface area contributed by atoms with Crippen LogP contribution in [0.2, 0.25) is 0 Å². The molecule has 2 rings (SSSR count). The fourth-order valence-electron chi connectivity index (χ4n) is 1.74. The molecule has 2 aromatic rings. The lowest BCUT2D eigenvalue weighted by Crippen LogP contribution is -2.19. The Morgan fingerprint density at radius 3 is 2.05 bits per heavy atom. The summed E-state index contributed by atoms with van der Waals surface area (Å²) >= 11 is 5.11. The first-order valence-corrected chi connectivity index (χ1v) is 6.46. The van der Waals surface area contributed by atoms with Crippen LogP contribution in [-0.2, 0) is 0 Å². The zero-order chi connectivity index (χ0) is 14.7. The van der Waals surface area contributed by atoms with Gasteiger partial charge >= 0.3 is 0 Å². The summed E-state index contributed by atoms with van der Waals surface area (Å²) in [4.78, 5) is 0. The molecular formula is C15H14F2N2S. The monoisotopic (exact) mass is 292 g/mol. The maximum Gasteiger partial charge on any atom is 0.175 e. The first-order chi connectivity index (χ1) is 9.44. The predicted octanol–water partition coefficient (Wildman–Crippen LogP) is 4.39. The van der Waals surface area contributed by atoms with E-state index in [0.717, 1.165) is 17.3 Å². The summed E-state index contributed by atoms with van der Waals surface area (Å²) in [7, 11) is 0. The Morgan fingerprint density at radius 2 is 1.45 bits per heavy atom. The van der Waals surface area contributed by atoms with Gasteiger partial charge in [0.2, 0.25) is 0 Å². The molecule has 0 aliphatic rings. The number of thiocarbonyl (C=S) groups is 1.